The summed E-state index contributed by atoms with van der Waals surface area (Å²) in [6, 6.07) is 16.9. The number of carboxylic acids is 1. The van der Waals surface area contributed by atoms with Crippen molar-refractivity contribution in [2.75, 3.05) is 4.90 Å². The molecule has 1 fully saturated rings. The van der Waals surface area contributed by atoms with Crippen LogP contribution in [0.25, 0.3) is 11.3 Å². The van der Waals surface area contributed by atoms with Crippen LogP contribution in [0.5, 0.6) is 5.75 Å². The second-order valence-corrected chi connectivity index (χ2v) is 10.5. The minimum Gasteiger partial charge on any atom is -0.489 e. The number of nitriles is 1. The lowest BCUT2D eigenvalue weighted by molar-refractivity contribution is -0.118. The fraction of sp³-hybridized carbons (Fsp3) is 0.200. The van der Waals surface area contributed by atoms with Crippen LogP contribution in [0, 0.1) is 11.3 Å². The number of aromatic carboxylic acids is 1. The van der Waals surface area contributed by atoms with E-state index in [-0.39, 0.29) is 36.0 Å². The molecule has 0 unspecified atom stereocenters. The number of amides is 1. The van der Waals surface area contributed by atoms with Gasteiger partial charge < -0.3 is 14.4 Å². The van der Waals surface area contributed by atoms with E-state index in [2.05, 4.69) is 5.16 Å². The summed E-state index contributed by atoms with van der Waals surface area (Å²) in [6.45, 7) is 0.183. The Bertz CT molecular complexity index is 1700. The van der Waals surface area contributed by atoms with Crippen LogP contribution in [0.2, 0.25) is 10.0 Å². The molecule has 1 N–H and O–H groups in total. The van der Waals surface area contributed by atoms with Gasteiger partial charge in [0.05, 0.1) is 38.1 Å². The van der Waals surface area contributed by atoms with E-state index in [1.165, 1.54) is 23.1 Å². The number of hydrogen-bond acceptors (Lipinski definition) is 6. The Morgan fingerprint density at radius 2 is 1.85 bits per heavy atom. The second kappa shape index (κ2) is 10.3. The third kappa shape index (κ3) is 4.68. The molecule has 3 aromatic carbocycles. The maximum atomic E-state index is 13.0. The second-order valence-electron chi connectivity index (χ2n) is 9.70. The fourth-order valence-electron chi connectivity index (χ4n) is 4.98. The van der Waals surface area contributed by atoms with Crippen LogP contribution in [0.15, 0.2) is 59.1 Å². The van der Waals surface area contributed by atoms with Crippen molar-refractivity contribution < 1.29 is 24.0 Å². The molecule has 0 saturated heterocycles. The van der Waals surface area contributed by atoms with Gasteiger partial charge in [0.15, 0.2) is 0 Å². The first-order valence-electron chi connectivity index (χ1n) is 12.6. The standard InChI is InChI=1S/C30H21Cl2N3O5/c31-22-2-1-3-23(32)27(22)28-21(29(40-34-28)16-4-5-16)15-39-20-8-10-24-17(13-20)7-11-26(36)35(24)25-9-6-18(30(37)38)12-19(25)14-33/h1-3,6,8-10,12-13,16H,4-5,7,11,15H2,(H,37,38). The van der Waals surface area contributed by atoms with Gasteiger partial charge in [0.25, 0.3) is 0 Å². The van der Waals surface area contributed by atoms with Gasteiger partial charge in [-0.05, 0) is 73.4 Å². The third-order valence-electron chi connectivity index (χ3n) is 7.10. The minimum atomic E-state index is -1.15. The van der Waals surface area contributed by atoms with Crippen LogP contribution in [0.4, 0.5) is 11.4 Å². The zero-order valence-electron chi connectivity index (χ0n) is 21.0. The molecule has 1 amide bonds. The number of anilines is 2. The van der Waals surface area contributed by atoms with Gasteiger partial charge >= 0.3 is 5.97 Å². The molecule has 40 heavy (non-hydrogen) atoms. The number of ether oxygens (including phenoxy) is 1. The first-order chi connectivity index (χ1) is 19.4. The van der Waals surface area contributed by atoms with E-state index >= 15 is 0 Å². The van der Waals surface area contributed by atoms with Crippen molar-refractivity contribution in [1.82, 2.24) is 5.16 Å². The lowest BCUT2D eigenvalue weighted by atomic mass is 9.98. The van der Waals surface area contributed by atoms with E-state index in [1.807, 2.05) is 12.1 Å². The fourth-order valence-corrected chi connectivity index (χ4v) is 5.56. The molecule has 2 aliphatic rings. The number of carbonyl (C=O) groups is 2. The number of carboxylic acid groups (broad SMARTS) is 1. The number of rotatable bonds is 7. The van der Waals surface area contributed by atoms with Crippen LogP contribution in [0.1, 0.15) is 58.0 Å². The van der Waals surface area contributed by atoms with Gasteiger partial charge in [-0.2, -0.15) is 5.26 Å². The van der Waals surface area contributed by atoms with Crippen molar-refractivity contribution in [3.8, 4) is 23.1 Å². The van der Waals surface area contributed by atoms with Crippen LogP contribution in [-0.4, -0.2) is 22.1 Å². The van der Waals surface area contributed by atoms with Gasteiger partial charge in [-0.1, -0.05) is 34.4 Å². The van der Waals surface area contributed by atoms with E-state index in [4.69, 9.17) is 32.5 Å². The molecule has 8 nitrogen and oxygen atoms in total. The molecule has 0 spiro atoms. The highest BCUT2D eigenvalue weighted by molar-refractivity contribution is 6.39. The zero-order chi connectivity index (χ0) is 28.0. The molecular weight excluding hydrogens is 553 g/mol. The summed E-state index contributed by atoms with van der Waals surface area (Å²) in [7, 11) is 0. The molecule has 6 rings (SSSR count). The van der Waals surface area contributed by atoms with Crippen molar-refractivity contribution in [3.63, 3.8) is 0 Å². The zero-order valence-corrected chi connectivity index (χ0v) is 22.5. The maximum Gasteiger partial charge on any atom is 0.335 e. The van der Waals surface area contributed by atoms with E-state index < -0.39 is 5.97 Å². The molecule has 1 saturated carbocycles. The molecule has 1 aromatic heterocycles. The Balaban J connectivity index is 1.31. The van der Waals surface area contributed by atoms with Crippen molar-refractivity contribution in [1.29, 1.82) is 5.26 Å². The highest BCUT2D eigenvalue weighted by atomic mass is 35.5. The Hall–Kier alpha value is -4.32. The first kappa shape index (κ1) is 25.9. The largest absolute Gasteiger partial charge is 0.489 e. The van der Waals surface area contributed by atoms with Gasteiger partial charge in [-0.25, -0.2) is 4.79 Å². The molecule has 200 valence electrons. The quantitative estimate of drug-likeness (QED) is 0.246. The van der Waals surface area contributed by atoms with E-state index in [0.29, 0.717) is 44.8 Å². The average molecular weight is 574 g/mol. The lowest BCUT2D eigenvalue weighted by Crippen LogP contribution is -2.31. The minimum absolute atomic E-state index is 0.0227. The monoisotopic (exact) mass is 573 g/mol. The molecule has 0 bridgehead atoms. The molecule has 2 heterocycles. The summed E-state index contributed by atoms with van der Waals surface area (Å²) in [6.07, 6.45) is 2.75. The number of hydrogen-bond donors (Lipinski definition) is 1. The third-order valence-corrected chi connectivity index (χ3v) is 7.73. The van der Waals surface area contributed by atoms with Gasteiger partial charge in [0, 0.05) is 17.9 Å². The molecule has 1 aliphatic heterocycles. The summed E-state index contributed by atoms with van der Waals surface area (Å²) in [4.78, 5) is 25.8. The van der Waals surface area contributed by atoms with E-state index in [0.717, 1.165) is 29.7 Å². The summed E-state index contributed by atoms with van der Waals surface area (Å²) in [5.41, 5.74) is 3.86. The Kier molecular flexibility index (Phi) is 6.70. The van der Waals surface area contributed by atoms with Crippen LogP contribution in [0.3, 0.4) is 0 Å². The topological polar surface area (TPSA) is 117 Å². The normalized spacial score (nSPS) is 14.5. The summed E-state index contributed by atoms with van der Waals surface area (Å²) >= 11 is 12.9. The van der Waals surface area contributed by atoms with Gasteiger partial charge in [0.2, 0.25) is 5.91 Å². The number of halogens is 2. The van der Waals surface area contributed by atoms with Crippen molar-refractivity contribution in [2.45, 2.75) is 38.2 Å². The number of carbonyl (C=O) groups excluding carboxylic acids is 1. The van der Waals surface area contributed by atoms with Gasteiger partial charge in [0.1, 0.15) is 29.9 Å². The predicted molar refractivity (Wildman–Crippen MR) is 148 cm³/mol. The molecule has 0 radical (unpaired) electrons. The number of benzene rings is 3. The first-order valence-corrected chi connectivity index (χ1v) is 13.4. The Morgan fingerprint density at radius 1 is 1.10 bits per heavy atom. The van der Waals surface area contributed by atoms with E-state index in [9.17, 15) is 20.0 Å². The van der Waals surface area contributed by atoms with Crippen LogP contribution >= 0.6 is 23.2 Å². The summed E-state index contributed by atoms with van der Waals surface area (Å²) in [5.74, 6) is 0.322. The maximum absolute atomic E-state index is 13.0. The molecule has 0 atom stereocenters. The van der Waals surface area contributed by atoms with Crippen LogP contribution < -0.4 is 9.64 Å². The SMILES string of the molecule is N#Cc1cc(C(=O)O)ccc1N1C(=O)CCc2cc(OCc3c(-c4c(Cl)cccc4Cl)noc3C3CC3)ccc21. The number of fused-ring (bicyclic) bond motifs is 1. The van der Waals surface area contributed by atoms with Crippen LogP contribution in [-0.2, 0) is 17.8 Å². The van der Waals surface area contributed by atoms with E-state index in [1.54, 1.807) is 30.3 Å². The lowest BCUT2D eigenvalue weighted by Gasteiger charge is -2.30. The predicted octanol–water partition coefficient (Wildman–Crippen LogP) is 7.29. The van der Waals surface area contributed by atoms with Crippen molar-refractivity contribution in [3.05, 3.63) is 92.7 Å². The number of aromatic nitrogens is 1. The molecule has 1 aliphatic carbocycles. The Morgan fingerprint density at radius 3 is 2.55 bits per heavy atom. The smallest absolute Gasteiger partial charge is 0.335 e. The van der Waals surface area contributed by atoms with Gasteiger partial charge in [-0.3, -0.25) is 9.69 Å². The summed E-state index contributed by atoms with van der Waals surface area (Å²) in [5, 5.41) is 24.2. The number of aryl methyl sites for hydroxylation is 1. The number of nitrogens with zero attached hydrogens (tertiary/aromatic N) is 3. The molecule has 10 heteroatoms. The molecule has 4 aromatic rings. The van der Waals surface area contributed by atoms with Gasteiger partial charge in [-0.15, -0.1) is 0 Å². The van der Waals surface area contributed by atoms with Crippen molar-refractivity contribution >= 4 is 46.5 Å². The highest BCUT2D eigenvalue weighted by Crippen LogP contribution is 2.46. The Labute approximate surface area is 239 Å². The highest BCUT2D eigenvalue weighted by Gasteiger charge is 2.34. The molecular formula is C30H21Cl2N3O5. The average Bonchev–Trinajstić information content (AvgIpc) is 3.71. The summed E-state index contributed by atoms with van der Waals surface area (Å²) < 4.78 is 12.0. The van der Waals surface area contributed by atoms with Crippen molar-refractivity contribution in [2.24, 2.45) is 0 Å².